The number of carbonyl (C=O) groups excluding carboxylic acids is 1. The lowest BCUT2D eigenvalue weighted by Gasteiger charge is -2.39. The summed E-state index contributed by atoms with van der Waals surface area (Å²) in [7, 11) is 0. The zero-order chi connectivity index (χ0) is 20.6. The molecule has 1 amide bonds. The number of benzene rings is 2. The second kappa shape index (κ2) is 7.38. The number of piperidine rings is 1. The lowest BCUT2D eigenvalue weighted by Crippen LogP contribution is -2.54. The quantitative estimate of drug-likeness (QED) is 0.652. The zero-order valence-electron chi connectivity index (χ0n) is 15.2. The van der Waals surface area contributed by atoms with E-state index < -0.39 is 23.9 Å². The Balaban J connectivity index is 1.61. The zero-order valence-corrected chi connectivity index (χ0v) is 15.2. The molecule has 3 aromatic rings. The minimum Gasteiger partial charge on any atom is -0.343 e. The van der Waals surface area contributed by atoms with Gasteiger partial charge in [-0.15, -0.1) is 0 Å². The fourth-order valence-corrected chi connectivity index (χ4v) is 3.74. The molecule has 5 nitrogen and oxygen atoms in total. The Bertz CT molecular complexity index is 982. The van der Waals surface area contributed by atoms with Crippen molar-refractivity contribution in [3.8, 4) is 0 Å². The van der Waals surface area contributed by atoms with Gasteiger partial charge in [-0.2, -0.15) is 13.2 Å². The van der Waals surface area contributed by atoms with Crippen LogP contribution in [-0.4, -0.2) is 41.2 Å². The number of nitrogens with zero attached hydrogens (tertiary/aromatic N) is 2. The Morgan fingerprint density at radius 2 is 1.86 bits per heavy atom. The average molecular weight is 406 g/mol. The lowest BCUT2D eigenvalue weighted by molar-refractivity contribution is -0.174. The summed E-state index contributed by atoms with van der Waals surface area (Å²) in [6, 6.07) is 12.2. The van der Waals surface area contributed by atoms with Crippen molar-refractivity contribution < 1.29 is 22.4 Å². The summed E-state index contributed by atoms with van der Waals surface area (Å²) in [5.41, 5.74) is 2.25. The van der Waals surface area contributed by atoms with Gasteiger partial charge >= 0.3 is 12.1 Å². The molecular weight excluding hydrogens is 388 g/mol. The fourth-order valence-electron chi connectivity index (χ4n) is 3.74. The van der Waals surface area contributed by atoms with E-state index in [1.807, 2.05) is 29.2 Å². The normalized spacial score (nSPS) is 20.1. The first-order chi connectivity index (χ1) is 13.8. The van der Waals surface area contributed by atoms with Crippen LogP contribution in [0, 0.1) is 5.82 Å². The molecular formula is C20H18F4N4O. The van der Waals surface area contributed by atoms with Crippen molar-refractivity contribution in [3.05, 3.63) is 59.9 Å². The summed E-state index contributed by atoms with van der Waals surface area (Å²) in [5, 5.41) is 2.11. The Morgan fingerprint density at radius 3 is 2.55 bits per heavy atom. The molecule has 2 N–H and O–H groups in total. The third kappa shape index (κ3) is 4.03. The van der Waals surface area contributed by atoms with Crippen LogP contribution in [0.1, 0.15) is 17.9 Å². The van der Waals surface area contributed by atoms with E-state index in [-0.39, 0.29) is 12.5 Å². The number of hydrogen-bond donors (Lipinski definition) is 2. The maximum absolute atomic E-state index is 13.3. The van der Waals surface area contributed by atoms with Crippen molar-refractivity contribution in [1.82, 2.24) is 15.3 Å². The van der Waals surface area contributed by atoms with Crippen LogP contribution in [0.5, 0.6) is 0 Å². The van der Waals surface area contributed by atoms with E-state index in [1.54, 1.807) is 12.1 Å². The number of hydrogen-bond acceptors (Lipinski definition) is 3. The van der Waals surface area contributed by atoms with Gasteiger partial charge in [0.15, 0.2) is 0 Å². The highest BCUT2D eigenvalue weighted by Crippen LogP contribution is 2.31. The molecule has 0 bridgehead atoms. The average Bonchev–Trinajstić information content (AvgIpc) is 3.12. The topological polar surface area (TPSA) is 61.0 Å². The summed E-state index contributed by atoms with van der Waals surface area (Å²) in [4.78, 5) is 21.1. The van der Waals surface area contributed by atoms with Crippen LogP contribution in [0.4, 0.5) is 23.5 Å². The van der Waals surface area contributed by atoms with E-state index in [9.17, 15) is 22.4 Å². The highest BCUT2D eigenvalue weighted by Gasteiger charge is 2.42. The molecule has 4 rings (SSSR count). The van der Waals surface area contributed by atoms with Crippen LogP contribution in [0.3, 0.4) is 0 Å². The molecule has 0 aliphatic carbocycles. The molecule has 2 aromatic carbocycles. The molecule has 2 atom stereocenters. The SMILES string of the molecule is O=C(NC1CN(c2nc3ccccc3[nH]2)CCC1c1ccc(F)cc1)C(F)(F)F. The van der Waals surface area contributed by atoms with Crippen molar-refractivity contribution in [2.45, 2.75) is 24.6 Å². The summed E-state index contributed by atoms with van der Waals surface area (Å²) in [6.45, 7) is 0.671. The number of fused-ring (bicyclic) bond motifs is 1. The molecule has 29 heavy (non-hydrogen) atoms. The van der Waals surface area contributed by atoms with Gasteiger partial charge in [0.2, 0.25) is 5.95 Å². The number of amides is 1. The number of rotatable bonds is 3. The number of imidazole rings is 1. The minimum atomic E-state index is -4.98. The Morgan fingerprint density at radius 1 is 1.14 bits per heavy atom. The smallest absolute Gasteiger partial charge is 0.343 e. The van der Waals surface area contributed by atoms with Gasteiger partial charge in [-0.05, 0) is 36.2 Å². The van der Waals surface area contributed by atoms with Crippen LogP contribution < -0.4 is 10.2 Å². The van der Waals surface area contributed by atoms with Crippen LogP contribution in [0.25, 0.3) is 11.0 Å². The number of aromatic nitrogens is 2. The van der Waals surface area contributed by atoms with E-state index in [0.29, 0.717) is 24.5 Å². The van der Waals surface area contributed by atoms with Crippen LogP contribution >= 0.6 is 0 Å². The van der Waals surface area contributed by atoms with Crippen LogP contribution in [-0.2, 0) is 4.79 Å². The molecule has 1 aliphatic rings. The first kappa shape index (κ1) is 19.2. The molecule has 2 unspecified atom stereocenters. The summed E-state index contributed by atoms with van der Waals surface area (Å²) < 4.78 is 51.8. The Labute approximate surface area is 163 Å². The van der Waals surface area contributed by atoms with Gasteiger partial charge in [0.1, 0.15) is 5.82 Å². The molecule has 0 spiro atoms. The van der Waals surface area contributed by atoms with Crippen molar-refractivity contribution in [1.29, 1.82) is 0 Å². The first-order valence-electron chi connectivity index (χ1n) is 9.14. The van der Waals surface area contributed by atoms with Gasteiger partial charge in [-0.3, -0.25) is 4.79 Å². The molecule has 0 radical (unpaired) electrons. The lowest BCUT2D eigenvalue weighted by atomic mass is 9.85. The van der Waals surface area contributed by atoms with E-state index >= 15 is 0 Å². The fraction of sp³-hybridized carbons (Fsp3) is 0.300. The van der Waals surface area contributed by atoms with Gasteiger partial charge in [0.05, 0.1) is 17.1 Å². The number of H-pyrrole nitrogens is 1. The standard InChI is InChI=1S/C20H18F4N4O/c21-13-7-5-12(6-8-13)14-9-10-28(11-17(14)25-18(29)20(22,23)24)19-26-15-3-1-2-4-16(15)27-19/h1-8,14,17H,9-11H2,(H,25,29)(H,26,27). The molecule has 0 saturated carbocycles. The second-order valence-corrected chi connectivity index (χ2v) is 7.05. The second-order valence-electron chi connectivity index (χ2n) is 7.05. The van der Waals surface area contributed by atoms with E-state index in [1.165, 1.54) is 12.1 Å². The Kier molecular flexibility index (Phi) is 4.89. The molecule has 1 fully saturated rings. The third-order valence-corrected chi connectivity index (χ3v) is 5.16. The van der Waals surface area contributed by atoms with Crippen LogP contribution in [0.15, 0.2) is 48.5 Å². The van der Waals surface area contributed by atoms with Crippen molar-refractivity contribution >= 4 is 22.9 Å². The number of para-hydroxylation sites is 2. The van der Waals surface area contributed by atoms with E-state index in [0.717, 1.165) is 11.0 Å². The van der Waals surface area contributed by atoms with Crippen molar-refractivity contribution in [2.75, 3.05) is 18.0 Å². The monoisotopic (exact) mass is 406 g/mol. The molecule has 9 heteroatoms. The third-order valence-electron chi connectivity index (χ3n) is 5.16. The van der Waals surface area contributed by atoms with Crippen molar-refractivity contribution in [3.63, 3.8) is 0 Å². The molecule has 152 valence electrons. The number of anilines is 1. The number of alkyl halides is 3. The van der Waals surface area contributed by atoms with E-state index in [4.69, 9.17) is 0 Å². The molecule has 2 heterocycles. The molecule has 1 aromatic heterocycles. The number of carbonyl (C=O) groups is 1. The summed E-state index contributed by atoms with van der Waals surface area (Å²) >= 11 is 0. The van der Waals surface area contributed by atoms with Gasteiger partial charge in [-0.25, -0.2) is 9.37 Å². The summed E-state index contributed by atoms with van der Waals surface area (Å²) in [5.74, 6) is -2.25. The van der Waals surface area contributed by atoms with Crippen LogP contribution in [0.2, 0.25) is 0 Å². The molecule has 1 aliphatic heterocycles. The minimum absolute atomic E-state index is 0.143. The Hall–Kier alpha value is -3.10. The van der Waals surface area contributed by atoms with Gasteiger partial charge in [-0.1, -0.05) is 24.3 Å². The molecule has 1 saturated heterocycles. The first-order valence-corrected chi connectivity index (χ1v) is 9.14. The highest BCUT2D eigenvalue weighted by molar-refractivity contribution is 5.82. The van der Waals surface area contributed by atoms with Gasteiger partial charge in [0, 0.05) is 19.0 Å². The largest absolute Gasteiger partial charge is 0.471 e. The van der Waals surface area contributed by atoms with Gasteiger partial charge in [0.25, 0.3) is 0 Å². The summed E-state index contributed by atoms with van der Waals surface area (Å²) in [6.07, 6.45) is -4.50. The number of nitrogens with one attached hydrogen (secondary N) is 2. The predicted molar refractivity (Wildman–Crippen MR) is 100 cm³/mol. The van der Waals surface area contributed by atoms with Crippen molar-refractivity contribution in [2.24, 2.45) is 0 Å². The number of aromatic amines is 1. The predicted octanol–water partition coefficient (Wildman–Crippen LogP) is 3.74. The van der Waals surface area contributed by atoms with Gasteiger partial charge < -0.3 is 15.2 Å². The maximum atomic E-state index is 13.3. The number of halogens is 4. The van der Waals surface area contributed by atoms with E-state index in [2.05, 4.69) is 15.3 Å². The maximum Gasteiger partial charge on any atom is 0.471 e. The highest BCUT2D eigenvalue weighted by atomic mass is 19.4.